The van der Waals surface area contributed by atoms with Crippen LogP contribution in [0, 0.1) is 0 Å². The third-order valence-corrected chi connectivity index (χ3v) is 11.6. The number of phosphoric ester groups is 1. The number of aliphatic hydroxyl groups excluding tert-OH is 1. The number of hydrogen-bond donors (Lipinski definition) is 3. The summed E-state index contributed by atoms with van der Waals surface area (Å²) in [5, 5.41) is 13.8. The van der Waals surface area contributed by atoms with E-state index in [0.29, 0.717) is 17.4 Å². The summed E-state index contributed by atoms with van der Waals surface area (Å²) in [6, 6.07) is -0.866. The molecule has 0 aliphatic rings. The van der Waals surface area contributed by atoms with Crippen molar-refractivity contribution < 1.29 is 32.9 Å². The first-order valence-corrected chi connectivity index (χ1v) is 25.4. The van der Waals surface area contributed by atoms with Gasteiger partial charge >= 0.3 is 7.82 Å². The second-order valence-corrected chi connectivity index (χ2v) is 18.9. The van der Waals surface area contributed by atoms with Gasteiger partial charge in [-0.25, -0.2) is 4.57 Å². The summed E-state index contributed by atoms with van der Waals surface area (Å²) >= 11 is 0. The number of nitrogens with one attached hydrogen (secondary N) is 1. The minimum atomic E-state index is -4.35. The zero-order valence-electron chi connectivity index (χ0n) is 38.1. The van der Waals surface area contributed by atoms with Gasteiger partial charge < -0.3 is 19.8 Å². The molecule has 0 saturated carbocycles. The fourth-order valence-electron chi connectivity index (χ4n) is 6.78. The molecular formula is C48H94N2O6P+. The fourth-order valence-corrected chi connectivity index (χ4v) is 7.51. The Labute approximate surface area is 353 Å². The number of allylic oxidation sites excluding steroid dienone is 5. The number of amides is 1. The van der Waals surface area contributed by atoms with E-state index in [1.807, 2.05) is 27.2 Å². The molecule has 0 heterocycles. The van der Waals surface area contributed by atoms with Crippen LogP contribution in [0.5, 0.6) is 0 Å². The van der Waals surface area contributed by atoms with Crippen molar-refractivity contribution in [3.8, 4) is 0 Å². The molecule has 0 aromatic carbocycles. The van der Waals surface area contributed by atoms with E-state index in [-0.39, 0.29) is 19.1 Å². The van der Waals surface area contributed by atoms with Gasteiger partial charge in [0.1, 0.15) is 13.2 Å². The number of quaternary nitrogens is 1. The van der Waals surface area contributed by atoms with Crippen LogP contribution in [-0.2, 0) is 18.4 Å². The van der Waals surface area contributed by atoms with Crippen LogP contribution in [0.4, 0.5) is 0 Å². The molecule has 3 atom stereocenters. The van der Waals surface area contributed by atoms with Crippen molar-refractivity contribution in [2.24, 2.45) is 0 Å². The first kappa shape index (κ1) is 55.7. The van der Waals surface area contributed by atoms with Crippen molar-refractivity contribution >= 4 is 13.7 Å². The Balaban J connectivity index is 4.45. The number of carbonyl (C=O) groups is 1. The molecule has 3 N–H and O–H groups in total. The van der Waals surface area contributed by atoms with Crippen LogP contribution in [0.15, 0.2) is 36.5 Å². The third kappa shape index (κ3) is 42.6. The highest BCUT2D eigenvalue weighted by atomic mass is 31.2. The summed E-state index contributed by atoms with van der Waals surface area (Å²) in [4.78, 5) is 23.1. The average molecular weight is 826 g/mol. The van der Waals surface area contributed by atoms with Gasteiger partial charge in [0.25, 0.3) is 0 Å². The highest BCUT2D eigenvalue weighted by Gasteiger charge is 2.27. The standard InChI is InChI=1S/C48H93N2O6P/c1-6-8-10-12-14-16-18-20-22-24-25-26-27-29-31-33-35-37-39-41-47(51)46(45-56-57(53,54)55-44-43-50(3,4)5)49-48(52)42-40-38-36-34-32-30-28-23-21-19-17-15-13-11-9-7-2/h25-26,31,33,39,41,46-47,51H,6-24,27-30,32,34-38,40,42-45H2,1-5H3,(H-,49,52,53,54)/p+1/b26-25+,33-31+,41-39+. The fraction of sp³-hybridized carbons (Fsp3) is 0.854. The Morgan fingerprint density at radius 1 is 0.579 bits per heavy atom. The van der Waals surface area contributed by atoms with Gasteiger partial charge in [-0.15, -0.1) is 0 Å². The van der Waals surface area contributed by atoms with E-state index in [4.69, 9.17) is 9.05 Å². The summed E-state index contributed by atoms with van der Waals surface area (Å²) in [5.41, 5.74) is 0. The van der Waals surface area contributed by atoms with Crippen molar-refractivity contribution in [3.63, 3.8) is 0 Å². The lowest BCUT2D eigenvalue weighted by atomic mass is 10.0. The number of aliphatic hydroxyl groups is 1. The van der Waals surface area contributed by atoms with E-state index >= 15 is 0 Å². The van der Waals surface area contributed by atoms with Gasteiger partial charge in [0.2, 0.25) is 5.91 Å². The largest absolute Gasteiger partial charge is 0.472 e. The molecule has 0 aliphatic heterocycles. The molecule has 0 bridgehead atoms. The maximum absolute atomic E-state index is 12.9. The molecule has 0 aromatic heterocycles. The number of carbonyl (C=O) groups excluding carboxylic acids is 1. The lowest BCUT2D eigenvalue weighted by Crippen LogP contribution is -2.45. The molecule has 0 aliphatic carbocycles. The van der Waals surface area contributed by atoms with Crippen LogP contribution >= 0.6 is 7.82 Å². The zero-order valence-corrected chi connectivity index (χ0v) is 39.0. The van der Waals surface area contributed by atoms with E-state index < -0.39 is 20.0 Å². The van der Waals surface area contributed by atoms with Gasteiger partial charge in [-0.3, -0.25) is 13.8 Å². The van der Waals surface area contributed by atoms with E-state index in [1.165, 1.54) is 148 Å². The molecule has 3 unspecified atom stereocenters. The van der Waals surface area contributed by atoms with Crippen molar-refractivity contribution in [2.45, 2.75) is 225 Å². The van der Waals surface area contributed by atoms with Crippen LogP contribution in [0.1, 0.15) is 213 Å². The van der Waals surface area contributed by atoms with Gasteiger partial charge in [0, 0.05) is 6.42 Å². The minimum absolute atomic E-state index is 0.0547. The molecule has 0 aromatic rings. The molecule has 9 heteroatoms. The Morgan fingerprint density at radius 2 is 0.965 bits per heavy atom. The summed E-state index contributed by atoms with van der Waals surface area (Å²) < 4.78 is 23.6. The molecule has 1 amide bonds. The van der Waals surface area contributed by atoms with Gasteiger partial charge in [-0.2, -0.15) is 0 Å². The quantitative estimate of drug-likeness (QED) is 0.0245. The van der Waals surface area contributed by atoms with Crippen molar-refractivity contribution in [2.75, 3.05) is 40.9 Å². The Kier molecular flexibility index (Phi) is 39.2. The average Bonchev–Trinajstić information content (AvgIpc) is 3.16. The van der Waals surface area contributed by atoms with Crippen LogP contribution in [0.25, 0.3) is 0 Å². The van der Waals surface area contributed by atoms with Crippen LogP contribution in [0.3, 0.4) is 0 Å². The predicted octanol–water partition coefficient (Wildman–Crippen LogP) is 13.5. The molecule has 336 valence electrons. The molecule has 0 spiro atoms. The summed E-state index contributed by atoms with van der Waals surface area (Å²) in [6.45, 7) is 4.79. The predicted molar refractivity (Wildman–Crippen MR) is 244 cm³/mol. The normalized spacial score (nSPS) is 14.6. The van der Waals surface area contributed by atoms with Gasteiger partial charge in [-0.1, -0.05) is 198 Å². The van der Waals surface area contributed by atoms with Gasteiger partial charge in [0.05, 0.1) is 39.9 Å². The SMILES string of the molecule is CCCCCCCCCCC/C=C/CC/C=C/CC/C=C/C(O)C(COP(=O)(O)OCC[N+](C)(C)C)NC(=O)CCCCCCCCCCCCCCCCCC. The lowest BCUT2D eigenvalue weighted by Gasteiger charge is -2.25. The van der Waals surface area contributed by atoms with Crippen molar-refractivity contribution in [1.82, 2.24) is 5.32 Å². The number of unbranched alkanes of at least 4 members (excludes halogenated alkanes) is 26. The number of nitrogens with zero attached hydrogens (tertiary/aromatic N) is 1. The number of likely N-dealkylation sites (N-methyl/N-ethyl adjacent to an activating group) is 1. The van der Waals surface area contributed by atoms with E-state index in [2.05, 4.69) is 43.5 Å². The van der Waals surface area contributed by atoms with Crippen molar-refractivity contribution in [3.05, 3.63) is 36.5 Å². The summed E-state index contributed by atoms with van der Waals surface area (Å²) in [5.74, 6) is -0.190. The minimum Gasteiger partial charge on any atom is -0.387 e. The Hall–Kier alpha value is -1.28. The van der Waals surface area contributed by atoms with Crippen molar-refractivity contribution in [1.29, 1.82) is 0 Å². The van der Waals surface area contributed by atoms with E-state index in [1.54, 1.807) is 6.08 Å². The van der Waals surface area contributed by atoms with E-state index in [0.717, 1.165) is 44.9 Å². The smallest absolute Gasteiger partial charge is 0.387 e. The zero-order chi connectivity index (χ0) is 42.1. The molecule has 0 radical (unpaired) electrons. The monoisotopic (exact) mass is 826 g/mol. The molecule has 0 saturated heterocycles. The number of phosphoric acid groups is 1. The molecule has 0 fully saturated rings. The summed E-state index contributed by atoms with van der Waals surface area (Å²) in [6.07, 6.45) is 49.3. The Bertz CT molecular complexity index is 1030. The number of hydrogen-bond acceptors (Lipinski definition) is 5. The Morgan fingerprint density at radius 3 is 1.40 bits per heavy atom. The van der Waals surface area contributed by atoms with Gasteiger partial charge in [0.15, 0.2) is 0 Å². The number of rotatable bonds is 43. The first-order chi connectivity index (χ1) is 27.5. The molecule has 57 heavy (non-hydrogen) atoms. The molecule has 8 nitrogen and oxygen atoms in total. The molecule has 0 rings (SSSR count). The highest BCUT2D eigenvalue weighted by molar-refractivity contribution is 7.47. The maximum Gasteiger partial charge on any atom is 0.472 e. The van der Waals surface area contributed by atoms with Crippen LogP contribution in [-0.4, -0.2) is 73.4 Å². The second-order valence-electron chi connectivity index (χ2n) is 17.5. The second kappa shape index (κ2) is 40.1. The molecular weight excluding hydrogens is 732 g/mol. The van der Waals surface area contributed by atoms with E-state index in [9.17, 15) is 19.4 Å². The topological polar surface area (TPSA) is 105 Å². The summed E-state index contributed by atoms with van der Waals surface area (Å²) in [7, 11) is 1.55. The van der Waals surface area contributed by atoms with Crippen LogP contribution in [0.2, 0.25) is 0 Å². The van der Waals surface area contributed by atoms with Gasteiger partial charge in [-0.05, 0) is 44.9 Å². The van der Waals surface area contributed by atoms with Crippen LogP contribution < -0.4 is 5.32 Å². The third-order valence-electron chi connectivity index (χ3n) is 10.6. The lowest BCUT2D eigenvalue weighted by molar-refractivity contribution is -0.870. The maximum atomic E-state index is 12.9. The first-order valence-electron chi connectivity index (χ1n) is 23.9. The highest BCUT2D eigenvalue weighted by Crippen LogP contribution is 2.43.